The fourth-order valence-electron chi connectivity index (χ4n) is 3.56. The summed E-state index contributed by atoms with van der Waals surface area (Å²) >= 11 is 0. The molecule has 1 aliphatic rings. The molecule has 0 radical (unpaired) electrons. The lowest BCUT2D eigenvalue weighted by Crippen LogP contribution is -2.50. The summed E-state index contributed by atoms with van der Waals surface area (Å²) in [5.41, 5.74) is 1.23. The third kappa shape index (κ3) is 9.94. The Bertz CT molecular complexity index is 578. The summed E-state index contributed by atoms with van der Waals surface area (Å²) in [6.07, 6.45) is 1.09. The van der Waals surface area contributed by atoms with Crippen LogP contribution >= 0.6 is 24.0 Å². The molecule has 1 aromatic carbocycles. The Labute approximate surface area is 200 Å². The van der Waals surface area contributed by atoms with Crippen molar-refractivity contribution in [3.05, 3.63) is 35.9 Å². The van der Waals surface area contributed by atoms with Gasteiger partial charge < -0.3 is 20.3 Å². The van der Waals surface area contributed by atoms with E-state index in [-0.39, 0.29) is 30.1 Å². The van der Waals surface area contributed by atoms with Crippen molar-refractivity contribution in [2.75, 3.05) is 59.0 Å². The molecule has 1 fully saturated rings. The number of guanidine groups is 1. The maximum absolute atomic E-state index is 5.95. The molecule has 1 aromatic rings. The Hall–Kier alpha value is -0.900. The van der Waals surface area contributed by atoms with Crippen molar-refractivity contribution in [3.63, 3.8) is 0 Å². The molecule has 172 valence electrons. The molecule has 2 atom stereocenters. The first-order valence-corrected chi connectivity index (χ1v) is 11.3. The highest BCUT2D eigenvalue weighted by atomic mass is 127. The van der Waals surface area contributed by atoms with Crippen molar-refractivity contribution >= 4 is 29.9 Å². The van der Waals surface area contributed by atoms with Crippen LogP contribution in [0.15, 0.2) is 35.3 Å². The van der Waals surface area contributed by atoms with E-state index < -0.39 is 0 Å². The third-order valence-electron chi connectivity index (χ3n) is 5.59. The van der Waals surface area contributed by atoms with Gasteiger partial charge in [-0.1, -0.05) is 37.3 Å². The first-order chi connectivity index (χ1) is 14.1. The number of nitrogens with one attached hydrogen (secondary N) is 2. The van der Waals surface area contributed by atoms with Crippen LogP contribution in [0.5, 0.6) is 0 Å². The van der Waals surface area contributed by atoms with Gasteiger partial charge in [-0.05, 0) is 39.3 Å². The Balaban J connectivity index is 0.00000450. The van der Waals surface area contributed by atoms with Crippen molar-refractivity contribution in [2.24, 2.45) is 4.99 Å². The van der Waals surface area contributed by atoms with Gasteiger partial charge in [-0.2, -0.15) is 0 Å². The average Bonchev–Trinajstić information content (AvgIpc) is 2.77. The fraction of sp³-hybridized carbons (Fsp3) is 0.696. The number of nitrogens with zero attached hydrogens (tertiary/aromatic N) is 3. The van der Waals surface area contributed by atoms with Gasteiger partial charge in [0.25, 0.3) is 0 Å². The van der Waals surface area contributed by atoms with Crippen LogP contribution in [0.4, 0.5) is 0 Å². The predicted octanol–water partition coefficient (Wildman–Crippen LogP) is 3.35. The summed E-state index contributed by atoms with van der Waals surface area (Å²) in [5, 5.41) is 6.79. The summed E-state index contributed by atoms with van der Waals surface area (Å²) in [7, 11) is 0. The molecule has 1 heterocycles. The Kier molecular flexibility index (Phi) is 14.3. The number of hydrogen-bond acceptors (Lipinski definition) is 4. The third-order valence-corrected chi connectivity index (χ3v) is 5.59. The largest absolute Gasteiger partial charge is 0.374 e. The Morgan fingerprint density at radius 1 is 1.07 bits per heavy atom. The van der Waals surface area contributed by atoms with E-state index in [4.69, 9.17) is 9.73 Å². The lowest BCUT2D eigenvalue weighted by Gasteiger charge is -2.37. The van der Waals surface area contributed by atoms with Crippen molar-refractivity contribution in [1.82, 2.24) is 20.4 Å². The molecule has 2 unspecified atom stereocenters. The molecule has 2 rings (SSSR count). The first-order valence-electron chi connectivity index (χ1n) is 11.3. The minimum absolute atomic E-state index is 0. The van der Waals surface area contributed by atoms with E-state index in [2.05, 4.69) is 72.4 Å². The van der Waals surface area contributed by atoms with E-state index in [0.29, 0.717) is 6.04 Å². The SMILES string of the molecule is CCNC(=NCC(C)N1CCN(CC)CC1)NCCCOC(C)c1ccccc1.I. The van der Waals surface area contributed by atoms with E-state index in [9.17, 15) is 0 Å². The highest BCUT2D eigenvalue weighted by molar-refractivity contribution is 14.0. The van der Waals surface area contributed by atoms with Gasteiger partial charge in [-0.15, -0.1) is 24.0 Å². The number of hydrogen-bond donors (Lipinski definition) is 2. The maximum Gasteiger partial charge on any atom is 0.191 e. The van der Waals surface area contributed by atoms with Gasteiger partial charge in [-0.25, -0.2) is 0 Å². The summed E-state index contributed by atoms with van der Waals surface area (Å²) in [5.74, 6) is 0.905. The smallest absolute Gasteiger partial charge is 0.191 e. The number of piperazine rings is 1. The van der Waals surface area contributed by atoms with Crippen molar-refractivity contribution in [1.29, 1.82) is 0 Å². The zero-order chi connectivity index (χ0) is 20.9. The topological polar surface area (TPSA) is 52.1 Å². The Morgan fingerprint density at radius 2 is 1.77 bits per heavy atom. The van der Waals surface area contributed by atoms with Crippen molar-refractivity contribution in [2.45, 2.75) is 46.3 Å². The molecule has 1 aliphatic heterocycles. The predicted molar refractivity (Wildman–Crippen MR) is 138 cm³/mol. The molecule has 6 nitrogen and oxygen atoms in total. The second-order valence-electron chi connectivity index (χ2n) is 7.74. The van der Waals surface area contributed by atoms with Gasteiger partial charge in [0.15, 0.2) is 5.96 Å². The molecule has 0 aromatic heterocycles. The van der Waals surface area contributed by atoms with E-state index in [1.54, 1.807) is 0 Å². The summed E-state index contributed by atoms with van der Waals surface area (Å²) in [6, 6.07) is 10.8. The molecular formula is C23H42IN5O. The van der Waals surface area contributed by atoms with Gasteiger partial charge in [0.05, 0.1) is 12.6 Å². The highest BCUT2D eigenvalue weighted by Gasteiger charge is 2.19. The molecule has 7 heteroatoms. The molecule has 0 amide bonds. The molecule has 0 bridgehead atoms. The molecule has 0 spiro atoms. The van der Waals surface area contributed by atoms with Crippen LogP contribution < -0.4 is 10.6 Å². The number of ether oxygens (including phenoxy) is 1. The minimum Gasteiger partial charge on any atom is -0.374 e. The standard InChI is InChI=1S/C23H41N5O.HI/c1-5-24-23(26-19-20(3)28-16-14-27(6-2)15-17-28)25-13-10-18-29-21(4)22-11-8-7-9-12-22;/h7-9,11-12,20-21H,5-6,10,13-19H2,1-4H3,(H2,24,25,26);1H. The molecule has 1 saturated heterocycles. The summed E-state index contributed by atoms with van der Waals surface area (Å²) in [6.45, 7) is 17.8. The van der Waals surface area contributed by atoms with Crippen LogP contribution in [-0.4, -0.2) is 80.8 Å². The monoisotopic (exact) mass is 531 g/mol. The number of halogens is 1. The lowest BCUT2D eigenvalue weighted by atomic mass is 10.1. The van der Waals surface area contributed by atoms with Gasteiger partial charge >= 0.3 is 0 Å². The molecule has 2 N–H and O–H groups in total. The number of likely N-dealkylation sites (N-methyl/N-ethyl adjacent to an activating group) is 1. The highest BCUT2D eigenvalue weighted by Crippen LogP contribution is 2.15. The van der Waals surface area contributed by atoms with Gasteiger partial charge in [-0.3, -0.25) is 9.89 Å². The van der Waals surface area contributed by atoms with E-state index in [1.807, 2.05) is 6.07 Å². The van der Waals surface area contributed by atoms with Crippen molar-refractivity contribution < 1.29 is 4.74 Å². The second kappa shape index (κ2) is 15.8. The van der Waals surface area contributed by atoms with E-state index >= 15 is 0 Å². The number of aliphatic imine (C=N–C) groups is 1. The number of benzene rings is 1. The quantitative estimate of drug-likeness (QED) is 0.199. The maximum atomic E-state index is 5.95. The van der Waals surface area contributed by atoms with Gasteiger partial charge in [0.1, 0.15) is 0 Å². The van der Waals surface area contributed by atoms with Crippen molar-refractivity contribution in [3.8, 4) is 0 Å². The first kappa shape index (κ1) is 27.1. The number of rotatable bonds is 11. The molecular weight excluding hydrogens is 489 g/mol. The summed E-state index contributed by atoms with van der Waals surface area (Å²) in [4.78, 5) is 9.87. The molecule has 30 heavy (non-hydrogen) atoms. The van der Waals surface area contributed by atoms with E-state index in [1.165, 1.54) is 18.7 Å². The zero-order valence-corrected chi connectivity index (χ0v) is 21.6. The van der Waals surface area contributed by atoms with Gasteiger partial charge in [0.2, 0.25) is 0 Å². The van der Waals surface area contributed by atoms with E-state index in [0.717, 1.165) is 58.3 Å². The van der Waals surface area contributed by atoms with Crippen LogP contribution in [0.3, 0.4) is 0 Å². The van der Waals surface area contributed by atoms with Crippen LogP contribution in [0, 0.1) is 0 Å². The molecule has 0 aliphatic carbocycles. The van der Waals surface area contributed by atoms with Gasteiger partial charge in [0, 0.05) is 51.9 Å². The lowest BCUT2D eigenvalue weighted by molar-refractivity contribution is 0.0646. The Morgan fingerprint density at radius 3 is 2.40 bits per heavy atom. The van der Waals surface area contributed by atoms with Crippen LogP contribution in [0.25, 0.3) is 0 Å². The molecule has 0 saturated carbocycles. The normalized spacial score (nSPS) is 17.8. The second-order valence-corrected chi connectivity index (χ2v) is 7.74. The average molecular weight is 532 g/mol. The van der Waals surface area contributed by atoms with Crippen LogP contribution in [0.1, 0.15) is 45.8 Å². The summed E-state index contributed by atoms with van der Waals surface area (Å²) < 4.78 is 5.95. The van der Waals surface area contributed by atoms with Crippen LogP contribution in [-0.2, 0) is 4.74 Å². The zero-order valence-electron chi connectivity index (χ0n) is 19.3. The minimum atomic E-state index is 0. The fourth-order valence-corrected chi connectivity index (χ4v) is 3.56. The van der Waals surface area contributed by atoms with Crippen LogP contribution in [0.2, 0.25) is 0 Å².